The molecule has 3 aromatic rings. The Bertz CT molecular complexity index is 699. The van der Waals surface area contributed by atoms with Gasteiger partial charge in [0.25, 0.3) is 8.32 Å². The molecule has 1 aliphatic carbocycles. The molecule has 3 aromatic carbocycles. The lowest BCUT2D eigenvalue weighted by Gasteiger charge is -2.34. The Morgan fingerprint density at radius 2 is 0.923 bits per heavy atom. The van der Waals surface area contributed by atoms with Crippen molar-refractivity contribution in [1.29, 1.82) is 0 Å². The number of hydrogen-bond acceptors (Lipinski definition) is 1. The zero-order chi connectivity index (χ0) is 17.7. The highest BCUT2D eigenvalue weighted by molar-refractivity contribution is 7.07. The molecule has 0 aromatic heterocycles. The van der Waals surface area contributed by atoms with Crippen LogP contribution in [0.25, 0.3) is 0 Å². The highest BCUT2D eigenvalue weighted by Crippen LogP contribution is 2.24. The van der Waals surface area contributed by atoms with E-state index in [0.29, 0.717) is 6.61 Å². The van der Waals surface area contributed by atoms with E-state index < -0.39 is 8.32 Å². The number of benzene rings is 3. The monoisotopic (exact) mass is 353 g/mol. The first-order valence-corrected chi connectivity index (χ1v) is 10.8. The first-order valence-electron chi connectivity index (χ1n) is 8.91. The van der Waals surface area contributed by atoms with Gasteiger partial charge in [0.15, 0.2) is 0 Å². The molecule has 0 saturated heterocycles. The second-order valence-corrected chi connectivity index (χ2v) is 9.74. The van der Waals surface area contributed by atoms with Crippen LogP contribution >= 0.6 is 0 Å². The second kappa shape index (κ2) is 8.03. The SMILES string of the molecule is [CH]1[CH][CH][C](CO[Si](c2ccccc2)(c2ccccc2)c2ccccc2)[CH]1. The van der Waals surface area contributed by atoms with Crippen molar-refractivity contribution in [2.45, 2.75) is 0 Å². The highest BCUT2D eigenvalue weighted by atomic mass is 28.4. The van der Waals surface area contributed by atoms with E-state index in [9.17, 15) is 0 Å². The van der Waals surface area contributed by atoms with Gasteiger partial charge in [-0.2, -0.15) is 0 Å². The molecule has 4 rings (SSSR count). The summed E-state index contributed by atoms with van der Waals surface area (Å²) in [6.07, 6.45) is 8.38. The highest BCUT2D eigenvalue weighted by Gasteiger charge is 2.42. The molecule has 26 heavy (non-hydrogen) atoms. The zero-order valence-electron chi connectivity index (χ0n) is 14.6. The fraction of sp³-hybridized carbons (Fsp3) is 0.0417. The van der Waals surface area contributed by atoms with Gasteiger partial charge in [0, 0.05) is 12.5 Å². The normalized spacial score (nSPS) is 15.2. The summed E-state index contributed by atoms with van der Waals surface area (Å²) in [5.41, 5.74) is 0. The molecule has 2 heteroatoms. The van der Waals surface area contributed by atoms with Crippen LogP contribution in [0.15, 0.2) is 91.0 Å². The molecule has 0 unspecified atom stereocenters. The van der Waals surface area contributed by atoms with Gasteiger partial charge in [0.1, 0.15) is 0 Å². The molecule has 127 valence electrons. The van der Waals surface area contributed by atoms with Crippen LogP contribution in [0.2, 0.25) is 0 Å². The minimum absolute atomic E-state index is 0.609. The Morgan fingerprint density at radius 3 is 1.31 bits per heavy atom. The first kappa shape index (κ1) is 17.3. The van der Waals surface area contributed by atoms with Gasteiger partial charge in [-0.25, -0.2) is 0 Å². The maximum atomic E-state index is 6.87. The summed E-state index contributed by atoms with van der Waals surface area (Å²) < 4.78 is 6.87. The predicted octanol–water partition coefficient (Wildman–Crippen LogP) is 3.08. The summed E-state index contributed by atoms with van der Waals surface area (Å²) in [6.45, 7) is 0.609. The summed E-state index contributed by atoms with van der Waals surface area (Å²) >= 11 is 0. The maximum Gasteiger partial charge on any atom is 0.288 e. The van der Waals surface area contributed by atoms with Gasteiger partial charge >= 0.3 is 0 Å². The molecule has 0 bridgehead atoms. The maximum absolute atomic E-state index is 6.87. The van der Waals surface area contributed by atoms with Gasteiger partial charge in [-0.15, -0.1) is 0 Å². The molecule has 0 atom stereocenters. The van der Waals surface area contributed by atoms with Crippen molar-refractivity contribution in [3.05, 3.63) is 123 Å². The predicted molar refractivity (Wildman–Crippen MR) is 110 cm³/mol. The van der Waals surface area contributed by atoms with Crippen LogP contribution in [0.3, 0.4) is 0 Å². The van der Waals surface area contributed by atoms with Crippen LogP contribution in [0.4, 0.5) is 0 Å². The van der Waals surface area contributed by atoms with Crippen molar-refractivity contribution in [2.75, 3.05) is 6.61 Å². The molecular formula is C24H21OSi. The Morgan fingerprint density at radius 1 is 0.538 bits per heavy atom. The molecule has 0 heterocycles. The Balaban J connectivity index is 1.84. The first-order chi connectivity index (χ1) is 12.9. The molecule has 0 amide bonds. The molecule has 1 saturated carbocycles. The molecule has 1 aliphatic rings. The zero-order valence-corrected chi connectivity index (χ0v) is 15.6. The largest absolute Gasteiger partial charge is 0.404 e. The number of hydrogen-bond donors (Lipinski definition) is 0. The van der Waals surface area contributed by atoms with Gasteiger partial charge in [-0.05, 0) is 41.2 Å². The third-order valence-corrected chi connectivity index (χ3v) is 8.74. The Hall–Kier alpha value is -2.16. The van der Waals surface area contributed by atoms with E-state index in [1.54, 1.807) is 0 Å². The standard InChI is InChI=1S/C24H21OSi/c1-4-14-22(15-5-1)26(23-16-6-2-7-17-23,24-18-8-3-9-19-24)25-20-21-12-10-11-13-21/h1-19H,20H2. The van der Waals surface area contributed by atoms with Crippen molar-refractivity contribution in [3.8, 4) is 0 Å². The second-order valence-electron chi connectivity index (χ2n) is 6.36. The van der Waals surface area contributed by atoms with Crippen molar-refractivity contribution in [3.63, 3.8) is 0 Å². The summed E-state index contributed by atoms with van der Waals surface area (Å²) in [5, 5.41) is 3.80. The number of rotatable bonds is 6. The molecule has 1 nitrogen and oxygen atoms in total. The topological polar surface area (TPSA) is 9.23 Å². The lowest BCUT2D eigenvalue weighted by Crippen LogP contribution is -2.69. The van der Waals surface area contributed by atoms with Crippen LogP contribution in [0.5, 0.6) is 0 Å². The smallest absolute Gasteiger partial charge is 0.288 e. The minimum Gasteiger partial charge on any atom is -0.404 e. The summed E-state index contributed by atoms with van der Waals surface area (Å²) in [6, 6.07) is 32.1. The van der Waals surface area contributed by atoms with Gasteiger partial charge in [-0.1, -0.05) is 91.0 Å². The molecule has 1 fully saturated rings. The summed E-state index contributed by atoms with van der Waals surface area (Å²) in [4.78, 5) is 0. The van der Waals surface area contributed by atoms with Gasteiger partial charge in [0.2, 0.25) is 0 Å². The molecular weight excluding hydrogens is 332 g/mol. The molecule has 0 N–H and O–H groups in total. The van der Waals surface area contributed by atoms with Crippen LogP contribution < -0.4 is 15.6 Å². The summed E-state index contributed by atoms with van der Waals surface area (Å²) in [7, 11) is -2.58. The van der Waals surface area contributed by atoms with Crippen molar-refractivity contribution in [1.82, 2.24) is 0 Å². The van der Waals surface area contributed by atoms with E-state index in [1.165, 1.54) is 21.5 Å². The Kier molecular flexibility index (Phi) is 5.33. The third kappa shape index (κ3) is 3.40. The summed E-state index contributed by atoms with van der Waals surface area (Å²) in [5.74, 6) is 1.21. The van der Waals surface area contributed by atoms with Gasteiger partial charge < -0.3 is 4.43 Å². The van der Waals surface area contributed by atoms with Crippen LogP contribution in [0.1, 0.15) is 0 Å². The molecule has 0 spiro atoms. The third-order valence-electron chi connectivity index (χ3n) is 4.73. The quantitative estimate of drug-likeness (QED) is 0.489. The van der Waals surface area contributed by atoms with Crippen LogP contribution in [-0.4, -0.2) is 14.9 Å². The lowest BCUT2D eigenvalue weighted by molar-refractivity contribution is 0.346. The lowest BCUT2D eigenvalue weighted by atomic mass is 10.1. The Labute approximate surface area is 157 Å². The van der Waals surface area contributed by atoms with E-state index in [2.05, 4.69) is 117 Å². The van der Waals surface area contributed by atoms with E-state index >= 15 is 0 Å². The van der Waals surface area contributed by atoms with Crippen molar-refractivity contribution >= 4 is 23.9 Å². The van der Waals surface area contributed by atoms with Crippen LogP contribution in [-0.2, 0) is 4.43 Å². The fourth-order valence-corrected chi connectivity index (χ4v) is 7.34. The molecule has 0 aliphatic heterocycles. The van der Waals surface area contributed by atoms with E-state index in [1.807, 2.05) is 0 Å². The van der Waals surface area contributed by atoms with Crippen LogP contribution in [0, 0.1) is 31.6 Å². The van der Waals surface area contributed by atoms with E-state index in [4.69, 9.17) is 4.43 Å². The minimum atomic E-state index is -2.58. The van der Waals surface area contributed by atoms with Crippen molar-refractivity contribution < 1.29 is 4.43 Å². The van der Waals surface area contributed by atoms with E-state index in [-0.39, 0.29) is 0 Å². The average Bonchev–Trinajstić information content (AvgIpc) is 3.25. The van der Waals surface area contributed by atoms with Gasteiger partial charge in [-0.3, -0.25) is 0 Å². The van der Waals surface area contributed by atoms with Gasteiger partial charge in [0.05, 0.1) is 0 Å². The van der Waals surface area contributed by atoms with Crippen molar-refractivity contribution in [2.24, 2.45) is 0 Å². The van der Waals surface area contributed by atoms with E-state index in [0.717, 1.165) is 0 Å². The average molecular weight is 354 g/mol. The molecule has 5 radical (unpaired) electrons. The fourth-order valence-electron chi connectivity index (χ4n) is 3.47.